The first-order valence-electron chi connectivity index (χ1n) is 9.19. The Hall–Kier alpha value is -3.12. The van der Waals surface area contributed by atoms with Crippen LogP contribution in [0.5, 0.6) is 5.75 Å². The molecule has 1 rings (SSSR count). The molecule has 0 unspecified atom stereocenters. The molecule has 0 spiro atoms. The summed E-state index contributed by atoms with van der Waals surface area (Å²) in [6, 6.07) is 3.53. The number of amides is 2. The molecule has 12 heteroatoms. The summed E-state index contributed by atoms with van der Waals surface area (Å²) in [5.41, 5.74) is 5.94. The fourth-order valence-corrected chi connectivity index (χ4v) is 3.64. The molecule has 11 nitrogen and oxygen atoms in total. The smallest absolute Gasteiger partial charge is 0.322 e. The Balaban J connectivity index is 2.86. The zero-order valence-electron chi connectivity index (χ0n) is 16.7. The summed E-state index contributed by atoms with van der Waals surface area (Å²) in [6.07, 6.45) is -0.406. The number of carbonyl (C=O) groups is 5. The van der Waals surface area contributed by atoms with E-state index in [1.807, 2.05) is 0 Å². The zero-order chi connectivity index (χ0) is 23.6. The van der Waals surface area contributed by atoms with E-state index in [1.165, 1.54) is 19.1 Å². The predicted octanol–water partition coefficient (Wildman–Crippen LogP) is -0.367. The minimum Gasteiger partial charge on any atom is -0.508 e. The Morgan fingerprint density at radius 2 is 1.71 bits per heavy atom. The van der Waals surface area contributed by atoms with E-state index in [0.717, 1.165) is 11.8 Å². The van der Waals surface area contributed by atoms with Crippen LogP contribution in [0.1, 0.15) is 30.6 Å². The number of aromatic hydroxyl groups is 1. The maximum Gasteiger partial charge on any atom is 0.322 e. The van der Waals surface area contributed by atoms with Crippen molar-refractivity contribution < 1.29 is 39.3 Å². The summed E-state index contributed by atoms with van der Waals surface area (Å²) in [6.45, 7) is 0.698. The van der Waals surface area contributed by atoms with E-state index in [4.69, 9.17) is 15.9 Å². The summed E-state index contributed by atoms with van der Waals surface area (Å²) >= 11 is 1.06. The maximum absolute atomic E-state index is 12.4. The average Bonchev–Trinajstić information content (AvgIpc) is 2.70. The first-order chi connectivity index (χ1) is 14.5. The van der Waals surface area contributed by atoms with Crippen LogP contribution in [0.2, 0.25) is 0 Å². The largest absolute Gasteiger partial charge is 0.508 e. The summed E-state index contributed by atoms with van der Waals surface area (Å²) in [7, 11) is 0. The van der Waals surface area contributed by atoms with Gasteiger partial charge in [0, 0.05) is 12.2 Å². The third kappa shape index (κ3) is 9.49. The number of thioether (sulfide) groups is 1. The zero-order valence-corrected chi connectivity index (χ0v) is 17.6. The van der Waals surface area contributed by atoms with Crippen molar-refractivity contribution in [2.75, 3.05) is 12.3 Å². The van der Waals surface area contributed by atoms with E-state index in [1.54, 1.807) is 12.1 Å². The lowest BCUT2D eigenvalue weighted by Gasteiger charge is -2.21. The Morgan fingerprint density at radius 3 is 2.23 bits per heavy atom. The summed E-state index contributed by atoms with van der Waals surface area (Å²) in [5.74, 6) is -4.21. The van der Waals surface area contributed by atoms with E-state index < -0.39 is 47.6 Å². The number of hydrogen-bond acceptors (Lipinski definition) is 8. The maximum atomic E-state index is 12.4. The van der Waals surface area contributed by atoms with Crippen molar-refractivity contribution in [3.63, 3.8) is 0 Å². The number of carbonyl (C=O) groups excluding carboxylic acids is 3. The third-order valence-corrected chi connectivity index (χ3v) is 5.52. The number of aliphatic carboxylic acids is 2. The van der Waals surface area contributed by atoms with Crippen molar-refractivity contribution in [3.8, 4) is 5.75 Å². The van der Waals surface area contributed by atoms with Gasteiger partial charge in [0.15, 0.2) is 0 Å². The first-order valence-corrected chi connectivity index (χ1v) is 10.2. The molecule has 2 amide bonds. The van der Waals surface area contributed by atoms with E-state index >= 15 is 0 Å². The second kappa shape index (κ2) is 12.5. The quantitative estimate of drug-likeness (QED) is 0.228. The molecule has 3 atom stereocenters. The normalized spacial score (nSPS) is 13.5. The van der Waals surface area contributed by atoms with Crippen LogP contribution in [-0.2, 0) is 24.0 Å². The highest BCUT2D eigenvalue weighted by molar-refractivity contribution is 8.00. The van der Waals surface area contributed by atoms with Gasteiger partial charge in [-0.3, -0.25) is 24.0 Å². The van der Waals surface area contributed by atoms with Gasteiger partial charge >= 0.3 is 11.9 Å². The lowest BCUT2D eigenvalue weighted by atomic mass is 10.1. The summed E-state index contributed by atoms with van der Waals surface area (Å²) in [5, 5.41) is 30.8. The molecular weight excluding hydrogens is 430 g/mol. The van der Waals surface area contributed by atoms with Gasteiger partial charge in [0.2, 0.25) is 11.8 Å². The highest BCUT2D eigenvalue weighted by atomic mass is 32.2. The van der Waals surface area contributed by atoms with Crippen molar-refractivity contribution in [3.05, 3.63) is 29.8 Å². The molecule has 0 aromatic heterocycles. The topological polar surface area (TPSA) is 196 Å². The first kappa shape index (κ1) is 25.9. The number of hydrogen-bond donors (Lipinski definition) is 6. The Bertz CT molecular complexity index is 815. The van der Waals surface area contributed by atoms with Crippen LogP contribution in [0.25, 0.3) is 0 Å². The molecule has 0 aliphatic heterocycles. The number of nitrogens with one attached hydrogen (secondary N) is 2. The molecule has 1 aromatic rings. The van der Waals surface area contributed by atoms with Crippen LogP contribution >= 0.6 is 11.8 Å². The van der Waals surface area contributed by atoms with E-state index in [9.17, 15) is 29.1 Å². The minimum atomic E-state index is -1.27. The number of nitrogens with two attached hydrogens (primary N) is 1. The van der Waals surface area contributed by atoms with Gasteiger partial charge in [0.05, 0.1) is 5.25 Å². The van der Waals surface area contributed by atoms with Gasteiger partial charge in [-0.2, -0.15) is 0 Å². The molecule has 0 saturated carbocycles. The van der Waals surface area contributed by atoms with Gasteiger partial charge in [0.25, 0.3) is 0 Å². The number of ketones is 1. The Labute approximate surface area is 182 Å². The van der Waals surface area contributed by atoms with Crippen molar-refractivity contribution in [1.82, 2.24) is 10.6 Å². The molecule has 7 N–H and O–H groups in total. The van der Waals surface area contributed by atoms with Crippen LogP contribution in [-0.4, -0.2) is 69.2 Å². The monoisotopic (exact) mass is 455 g/mol. The van der Waals surface area contributed by atoms with Crippen LogP contribution in [0.15, 0.2) is 24.3 Å². The SMILES string of the molecule is CC(=O)[C@@H](SC[C@H](NC(=O)CC[C@H](N)C(=O)O)C(=O)NCC(=O)O)c1ccc(O)cc1. The molecule has 0 fully saturated rings. The number of benzene rings is 1. The molecule has 0 bridgehead atoms. The number of phenolic OH excluding ortho intramolecular Hbond substituents is 1. The van der Waals surface area contributed by atoms with Gasteiger partial charge in [-0.1, -0.05) is 12.1 Å². The number of Topliss-reactive ketones (excluding diaryl/α,β-unsaturated/α-hetero) is 1. The number of phenols is 1. The number of carboxylic acids is 2. The molecule has 0 aliphatic carbocycles. The molecular formula is C19H25N3O8S. The van der Waals surface area contributed by atoms with Gasteiger partial charge in [-0.25, -0.2) is 0 Å². The third-order valence-electron chi connectivity index (χ3n) is 4.06. The Kier molecular flexibility index (Phi) is 10.5. The van der Waals surface area contributed by atoms with Crippen LogP contribution in [0.4, 0.5) is 0 Å². The predicted molar refractivity (Wildman–Crippen MR) is 111 cm³/mol. The van der Waals surface area contributed by atoms with Gasteiger partial charge in [-0.15, -0.1) is 11.8 Å². The van der Waals surface area contributed by atoms with E-state index in [-0.39, 0.29) is 30.1 Å². The summed E-state index contributed by atoms with van der Waals surface area (Å²) in [4.78, 5) is 58.1. The standard InChI is InChI=1S/C19H25N3O8S/c1-10(23)17(11-2-4-12(24)5-3-11)31-9-14(18(28)21-8-16(26)27)22-15(25)7-6-13(20)19(29)30/h2-5,13-14,17,24H,6-9,20H2,1H3,(H,21,28)(H,22,25)(H,26,27)(H,29,30)/t13-,14-,17+/m0/s1. The lowest BCUT2D eigenvalue weighted by molar-refractivity contribution is -0.139. The van der Waals surface area contributed by atoms with E-state index in [2.05, 4.69) is 10.6 Å². The second-order valence-corrected chi connectivity index (χ2v) is 7.77. The van der Waals surface area contributed by atoms with Gasteiger partial charge < -0.3 is 31.7 Å². The van der Waals surface area contributed by atoms with Crippen molar-refractivity contribution >= 4 is 41.3 Å². The Morgan fingerprint density at radius 1 is 1.10 bits per heavy atom. The number of carboxylic acid groups (broad SMARTS) is 2. The molecule has 0 heterocycles. The fraction of sp³-hybridized carbons (Fsp3) is 0.421. The van der Waals surface area contributed by atoms with Crippen molar-refractivity contribution in [2.24, 2.45) is 5.73 Å². The molecule has 0 aliphatic rings. The highest BCUT2D eigenvalue weighted by Crippen LogP contribution is 2.31. The number of rotatable bonds is 13. The van der Waals surface area contributed by atoms with Gasteiger partial charge in [-0.05, 0) is 31.0 Å². The lowest BCUT2D eigenvalue weighted by Crippen LogP contribution is -2.49. The van der Waals surface area contributed by atoms with Crippen LogP contribution in [0, 0.1) is 0 Å². The second-order valence-electron chi connectivity index (χ2n) is 6.63. The van der Waals surface area contributed by atoms with Crippen molar-refractivity contribution in [1.29, 1.82) is 0 Å². The van der Waals surface area contributed by atoms with Crippen LogP contribution in [0.3, 0.4) is 0 Å². The molecule has 170 valence electrons. The van der Waals surface area contributed by atoms with Gasteiger partial charge in [0.1, 0.15) is 30.2 Å². The van der Waals surface area contributed by atoms with E-state index in [0.29, 0.717) is 5.56 Å². The fourth-order valence-electron chi connectivity index (χ4n) is 2.44. The summed E-state index contributed by atoms with van der Waals surface area (Å²) < 4.78 is 0. The minimum absolute atomic E-state index is 0.0220. The average molecular weight is 455 g/mol. The van der Waals surface area contributed by atoms with Crippen molar-refractivity contribution in [2.45, 2.75) is 37.1 Å². The molecule has 31 heavy (non-hydrogen) atoms. The highest BCUT2D eigenvalue weighted by Gasteiger charge is 2.26. The molecule has 1 aromatic carbocycles. The molecule has 0 radical (unpaired) electrons. The van der Waals surface area contributed by atoms with Crippen LogP contribution < -0.4 is 16.4 Å². The molecule has 0 saturated heterocycles.